The molecule has 1 aromatic rings. The van der Waals surface area contributed by atoms with Crippen molar-refractivity contribution in [2.45, 2.75) is 13.3 Å². The largest absolute Gasteiger partial charge is 0.481 e. The summed E-state index contributed by atoms with van der Waals surface area (Å²) in [6.07, 6.45) is 0.458. The van der Waals surface area contributed by atoms with Gasteiger partial charge in [-0.25, -0.2) is 4.79 Å². The minimum absolute atomic E-state index is 0.198. The molecule has 0 fully saturated rings. The lowest BCUT2D eigenvalue weighted by Crippen LogP contribution is -2.48. The highest BCUT2D eigenvalue weighted by atomic mass is 16.4. The van der Waals surface area contributed by atoms with E-state index in [1.807, 2.05) is 31.2 Å². The number of amides is 2. The van der Waals surface area contributed by atoms with Crippen LogP contribution in [0.4, 0.5) is 10.5 Å². The number of anilines is 1. The number of hydrogen-bond acceptors (Lipinski definition) is 2. The van der Waals surface area contributed by atoms with E-state index in [2.05, 4.69) is 6.58 Å². The molecule has 0 radical (unpaired) electrons. The molecular weight excluding hydrogens is 268 g/mol. The molecule has 1 heterocycles. The van der Waals surface area contributed by atoms with Gasteiger partial charge in [-0.15, -0.1) is 0 Å². The van der Waals surface area contributed by atoms with Crippen LogP contribution in [0.3, 0.4) is 0 Å². The summed E-state index contributed by atoms with van der Waals surface area (Å²) in [5.41, 5.74) is 2.58. The first-order valence-electron chi connectivity index (χ1n) is 6.88. The maximum atomic E-state index is 12.6. The van der Waals surface area contributed by atoms with Gasteiger partial charge in [0.2, 0.25) is 0 Å². The molecule has 0 aromatic heterocycles. The monoisotopic (exact) mass is 288 g/mol. The predicted molar refractivity (Wildman–Crippen MR) is 81.5 cm³/mol. The molecule has 1 N–H and O–H groups in total. The molecule has 21 heavy (non-hydrogen) atoms. The summed E-state index contributed by atoms with van der Waals surface area (Å²) in [4.78, 5) is 27.0. The number of carboxylic acids is 1. The zero-order valence-electron chi connectivity index (χ0n) is 12.4. The fourth-order valence-corrected chi connectivity index (χ4v) is 2.62. The third-order valence-electron chi connectivity index (χ3n) is 3.57. The number of carbonyl (C=O) groups excluding carboxylic acids is 1. The lowest BCUT2D eigenvalue weighted by atomic mass is 9.93. The van der Waals surface area contributed by atoms with Crippen molar-refractivity contribution in [3.8, 4) is 0 Å². The van der Waals surface area contributed by atoms with Crippen LogP contribution in [0.5, 0.6) is 0 Å². The smallest absolute Gasteiger partial charge is 0.324 e. The lowest BCUT2D eigenvalue weighted by Gasteiger charge is -2.35. The number of likely N-dealkylation sites (N-methyl/N-ethyl adjacent to an activating group) is 1. The summed E-state index contributed by atoms with van der Waals surface area (Å²) in [7, 11) is 1.70. The summed E-state index contributed by atoms with van der Waals surface area (Å²) in [6.45, 7) is 6.31. The standard InChI is InChI=1S/C16H20N2O3/c1-11(2)9-17(3)16(21)18-10-13(15(19)20)8-12-6-4-5-7-14(12)18/h4-7,13H,1,8-10H2,2-3H3,(H,19,20). The molecule has 0 saturated heterocycles. The molecule has 1 aliphatic rings. The van der Waals surface area contributed by atoms with Crippen LogP contribution in [-0.4, -0.2) is 42.1 Å². The Morgan fingerprint density at radius 3 is 2.71 bits per heavy atom. The van der Waals surface area contributed by atoms with Crippen LogP contribution >= 0.6 is 0 Å². The van der Waals surface area contributed by atoms with E-state index in [0.29, 0.717) is 13.0 Å². The Morgan fingerprint density at radius 2 is 2.10 bits per heavy atom. The van der Waals surface area contributed by atoms with Crippen molar-refractivity contribution in [3.05, 3.63) is 42.0 Å². The summed E-state index contributed by atoms with van der Waals surface area (Å²) in [5.74, 6) is -1.44. The topological polar surface area (TPSA) is 60.9 Å². The van der Waals surface area contributed by atoms with Crippen LogP contribution in [-0.2, 0) is 11.2 Å². The first-order valence-corrected chi connectivity index (χ1v) is 6.88. The van der Waals surface area contributed by atoms with Crippen molar-refractivity contribution in [1.29, 1.82) is 0 Å². The van der Waals surface area contributed by atoms with Crippen molar-refractivity contribution in [2.24, 2.45) is 5.92 Å². The van der Waals surface area contributed by atoms with E-state index in [9.17, 15) is 14.7 Å². The average molecular weight is 288 g/mol. The van der Waals surface area contributed by atoms with Gasteiger partial charge in [-0.1, -0.05) is 30.4 Å². The number of benzene rings is 1. The molecule has 2 rings (SSSR count). The Labute approximate surface area is 124 Å². The molecule has 0 spiro atoms. The van der Waals surface area contributed by atoms with E-state index in [-0.39, 0.29) is 12.6 Å². The van der Waals surface area contributed by atoms with Crippen molar-refractivity contribution in [1.82, 2.24) is 4.90 Å². The highest BCUT2D eigenvalue weighted by Crippen LogP contribution is 2.30. The summed E-state index contributed by atoms with van der Waals surface area (Å²) in [5, 5.41) is 9.28. The molecule has 5 heteroatoms. The van der Waals surface area contributed by atoms with Gasteiger partial charge >= 0.3 is 12.0 Å². The molecule has 5 nitrogen and oxygen atoms in total. The molecule has 112 valence electrons. The number of carbonyl (C=O) groups is 2. The third-order valence-corrected chi connectivity index (χ3v) is 3.57. The van der Waals surface area contributed by atoms with Crippen LogP contribution < -0.4 is 4.90 Å². The number of fused-ring (bicyclic) bond motifs is 1. The van der Waals surface area contributed by atoms with E-state index in [0.717, 1.165) is 16.8 Å². The minimum atomic E-state index is -0.871. The summed E-state index contributed by atoms with van der Waals surface area (Å²) < 4.78 is 0. The lowest BCUT2D eigenvalue weighted by molar-refractivity contribution is -0.141. The highest BCUT2D eigenvalue weighted by Gasteiger charge is 2.33. The zero-order chi connectivity index (χ0) is 15.6. The van der Waals surface area contributed by atoms with Gasteiger partial charge < -0.3 is 10.0 Å². The Balaban J connectivity index is 2.30. The van der Waals surface area contributed by atoms with Gasteiger partial charge in [-0.05, 0) is 25.0 Å². The zero-order valence-corrected chi connectivity index (χ0v) is 12.4. The van der Waals surface area contributed by atoms with Crippen molar-refractivity contribution >= 4 is 17.7 Å². The molecule has 1 unspecified atom stereocenters. The van der Waals surface area contributed by atoms with Gasteiger partial charge in [0.05, 0.1) is 5.92 Å². The van der Waals surface area contributed by atoms with Crippen LogP contribution in [0.2, 0.25) is 0 Å². The maximum Gasteiger partial charge on any atom is 0.324 e. The number of aliphatic carboxylic acids is 1. The van der Waals surface area contributed by atoms with Crippen LogP contribution in [0, 0.1) is 5.92 Å². The molecular formula is C16H20N2O3. The average Bonchev–Trinajstić information content (AvgIpc) is 2.44. The highest BCUT2D eigenvalue weighted by molar-refractivity contribution is 5.94. The number of rotatable bonds is 3. The third kappa shape index (κ3) is 3.24. The second-order valence-corrected chi connectivity index (χ2v) is 5.57. The number of para-hydroxylation sites is 1. The Morgan fingerprint density at radius 1 is 1.43 bits per heavy atom. The summed E-state index contributed by atoms with van der Waals surface area (Å²) >= 11 is 0. The molecule has 1 aliphatic heterocycles. The van der Waals surface area contributed by atoms with Gasteiger partial charge in [0.25, 0.3) is 0 Å². The van der Waals surface area contributed by atoms with Crippen LogP contribution in [0.15, 0.2) is 36.4 Å². The van der Waals surface area contributed by atoms with Gasteiger partial charge in [0.15, 0.2) is 0 Å². The normalized spacial score (nSPS) is 17.0. The van der Waals surface area contributed by atoms with E-state index >= 15 is 0 Å². The van der Waals surface area contributed by atoms with Crippen LogP contribution in [0.1, 0.15) is 12.5 Å². The Bertz CT molecular complexity index is 583. The predicted octanol–water partition coefficient (Wildman–Crippen LogP) is 2.38. The van der Waals surface area contributed by atoms with Gasteiger partial charge in [0.1, 0.15) is 0 Å². The van der Waals surface area contributed by atoms with Crippen molar-refractivity contribution in [2.75, 3.05) is 25.0 Å². The molecule has 0 aliphatic carbocycles. The second kappa shape index (κ2) is 5.99. The van der Waals surface area contributed by atoms with Gasteiger partial charge in [0, 0.05) is 25.8 Å². The van der Waals surface area contributed by atoms with E-state index in [1.54, 1.807) is 16.8 Å². The first-order chi connectivity index (χ1) is 9.90. The number of hydrogen-bond donors (Lipinski definition) is 1. The Kier molecular flexibility index (Phi) is 4.31. The minimum Gasteiger partial charge on any atom is -0.481 e. The SMILES string of the molecule is C=C(C)CN(C)C(=O)N1CC(C(=O)O)Cc2ccccc21. The van der Waals surface area contributed by atoms with E-state index < -0.39 is 11.9 Å². The molecule has 0 bridgehead atoms. The Hall–Kier alpha value is -2.30. The maximum absolute atomic E-state index is 12.6. The number of carboxylic acid groups (broad SMARTS) is 1. The molecule has 1 aromatic carbocycles. The molecule has 2 amide bonds. The van der Waals surface area contributed by atoms with Crippen LogP contribution in [0.25, 0.3) is 0 Å². The molecule has 0 saturated carbocycles. The second-order valence-electron chi connectivity index (χ2n) is 5.57. The molecule has 1 atom stereocenters. The fraction of sp³-hybridized carbons (Fsp3) is 0.375. The quantitative estimate of drug-likeness (QED) is 0.869. The van der Waals surface area contributed by atoms with Gasteiger partial charge in [-0.2, -0.15) is 0 Å². The van der Waals surface area contributed by atoms with E-state index in [1.165, 1.54) is 0 Å². The van der Waals surface area contributed by atoms with Crippen molar-refractivity contribution < 1.29 is 14.7 Å². The number of urea groups is 1. The fourth-order valence-electron chi connectivity index (χ4n) is 2.62. The number of nitrogens with zero attached hydrogens (tertiary/aromatic N) is 2. The summed E-state index contributed by atoms with van der Waals surface area (Å²) in [6, 6.07) is 7.27. The van der Waals surface area contributed by atoms with E-state index in [4.69, 9.17) is 0 Å². The van der Waals surface area contributed by atoms with Gasteiger partial charge in [-0.3, -0.25) is 9.69 Å². The first kappa shape index (κ1) is 15.1. The van der Waals surface area contributed by atoms with Crippen molar-refractivity contribution in [3.63, 3.8) is 0 Å².